The van der Waals surface area contributed by atoms with E-state index >= 15 is 0 Å². The molecule has 1 fully saturated rings. The maximum Gasteiger partial charge on any atom is 0.255 e. The molecule has 0 bridgehead atoms. The van der Waals surface area contributed by atoms with Gasteiger partial charge in [0, 0.05) is 24.0 Å². The van der Waals surface area contributed by atoms with E-state index in [0.717, 1.165) is 4.90 Å². The van der Waals surface area contributed by atoms with E-state index in [1.54, 1.807) is 46.3 Å². The first-order valence-corrected chi connectivity index (χ1v) is 12.1. The highest BCUT2D eigenvalue weighted by atomic mass is 35.5. The van der Waals surface area contributed by atoms with Crippen LogP contribution in [0.5, 0.6) is 0 Å². The molecular formula is C17H19ClN2O3S3. The average Bonchev–Trinajstić information content (AvgIpc) is 3.18. The molecule has 1 aromatic carbocycles. The van der Waals surface area contributed by atoms with E-state index in [0.29, 0.717) is 40.7 Å². The number of nitrogens with one attached hydrogen (secondary N) is 1. The number of carbonyl (C=O) groups excluding carboxylic acids is 1. The molecule has 140 valence electrons. The smallest absolute Gasteiger partial charge is 0.255 e. The van der Waals surface area contributed by atoms with E-state index in [1.165, 1.54) is 11.3 Å². The van der Waals surface area contributed by atoms with Crippen molar-refractivity contribution in [1.29, 1.82) is 0 Å². The summed E-state index contributed by atoms with van der Waals surface area (Å²) in [6.45, 7) is 0.993. The topological polar surface area (TPSA) is 66.5 Å². The number of piperidine rings is 1. The molecule has 0 aliphatic carbocycles. The SMILES string of the molecule is CSc1ccc(Cl)c(C(=O)N2CCC(NS(=O)(=O)c3cccs3)CC2)c1. The van der Waals surface area contributed by atoms with Crippen LogP contribution >= 0.6 is 34.7 Å². The maximum atomic E-state index is 12.8. The van der Waals surface area contributed by atoms with E-state index in [2.05, 4.69) is 4.72 Å². The van der Waals surface area contributed by atoms with Gasteiger partial charge in [0.15, 0.2) is 0 Å². The van der Waals surface area contributed by atoms with Crippen LogP contribution < -0.4 is 4.72 Å². The first-order valence-electron chi connectivity index (χ1n) is 8.09. The minimum absolute atomic E-state index is 0.106. The standard InChI is InChI=1S/C17H19ClN2O3S3/c1-24-13-4-5-15(18)14(11-13)17(21)20-8-6-12(7-9-20)19-26(22,23)16-3-2-10-25-16/h2-5,10-12,19H,6-9H2,1H3. The Morgan fingerprint density at radius 2 is 2.04 bits per heavy atom. The summed E-state index contributed by atoms with van der Waals surface area (Å²) >= 11 is 8.94. The monoisotopic (exact) mass is 430 g/mol. The number of benzene rings is 1. The van der Waals surface area contributed by atoms with Crippen molar-refractivity contribution in [2.45, 2.75) is 28.0 Å². The summed E-state index contributed by atoms with van der Waals surface area (Å²) in [6, 6.07) is 8.57. The Kier molecular flexibility index (Phi) is 6.29. The van der Waals surface area contributed by atoms with Crippen LogP contribution in [0.25, 0.3) is 0 Å². The molecule has 26 heavy (non-hydrogen) atoms. The Morgan fingerprint density at radius 3 is 2.65 bits per heavy atom. The van der Waals surface area contributed by atoms with Gasteiger partial charge in [0.1, 0.15) is 4.21 Å². The van der Waals surface area contributed by atoms with E-state index in [-0.39, 0.29) is 11.9 Å². The Morgan fingerprint density at radius 1 is 1.31 bits per heavy atom. The minimum atomic E-state index is -3.48. The van der Waals surface area contributed by atoms with Gasteiger partial charge in [0.2, 0.25) is 10.0 Å². The van der Waals surface area contributed by atoms with Gasteiger partial charge >= 0.3 is 0 Å². The van der Waals surface area contributed by atoms with Crippen molar-refractivity contribution in [2.75, 3.05) is 19.3 Å². The number of thiophene rings is 1. The lowest BCUT2D eigenvalue weighted by atomic mass is 10.0. The molecule has 1 aromatic heterocycles. The van der Waals surface area contributed by atoms with E-state index in [1.807, 2.05) is 12.3 Å². The van der Waals surface area contributed by atoms with E-state index in [9.17, 15) is 13.2 Å². The minimum Gasteiger partial charge on any atom is -0.338 e. The molecule has 0 saturated carbocycles. The third-order valence-corrected chi connectivity index (χ3v) is 8.24. The number of amides is 1. The maximum absolute atomic E-state index is 12.8. The number of rotatable bonds is 5. The summed E-state index contributed by atoms with van der Waals surface area (Å²) < 4.78 is 27.7. The largest absolute Gasteiger partial charge is 0.338 e. The molecule has 9 heteroatoms. The number of halogens is 1. The summed E-state index contributed by atoms with van der Waals surface area (Å²) in [7, 11) is -3.48. The lowest BCUT2D eigenvalue weighted by Crippen LogP contribution is -2.46. The first kappa shape index (κ1) is 19.7. The van der Waals surface area contributed by atoms with Crippen molar-refractivity contribution >= 4 is 50.6 Å². The van der Waals surface area contributed by atoms with Crippen LogP contribution in [0, 0.1) is 0 Å². The third-order valence-electron chi connectivity index (χ3n) is 4.27. The molecule has 0 unspecified atom stereocenters. The Bertz CT molecular complexity index is 877. The van der Waals surface area contributed by atoms with Crippen LogP contribution in [0.2, 0.25) is 5.02 Å². The second-order valence-corrected chi connectivity index (χ2v) is 10.1. The number of likely N-dealkylation sites (tertiary alicyclic amines) is 1. The van der Waals surface area contributed by atoms with Crippen molar-refractivity contribution in [3.05, 3.63) is 46.3 Å². The van der Waals surface area contributed by atoms with Gasteiger partial charge in [-0.2, -0.15) is 0 Å². The molecule has 0 spiro atoms. The lowest BCUT2D eigenvalue weighted by molar-refractivity contribution is 0.0711. The number of carbonyl (C=O) groups is 1. The highest BCUT2D eigenvalue weighted by Crippen LogP contribution is 2.26. The average molecular weight is 431 g/mol. The Balaban J connectivity index is 1.63. The molecule has 0 atom stereocenters. The van der Waals surface area contributed by atoms with E-state index < -0.39 is 10.0 Å². The van der Waals surface area contributed by atoms with Gasteiger partial charge in [0.05, 0.1) is 10.6 Å². The highest BCUT2D eigenvalue weighted by molar-refractivity contribution is 7.98. The van der Waals surface area contributed by atoms with Gasteiger partial charge < -0.3 is 4.90 Å². The first-order chi connectivity index (χ1) is 12.4. The van der Waals surface area contributed by atoms with Crippen LogP contribution in [0.1, 0.15) is 23.2 Å². The Labute approximate surface area is 166 Å². The highest BCUT2D eigenvalue weighted by Gasteiger charge is 2.28. The van der Waals surface area contributed by atoms with Crippen LogP contribution in [0.3, 0.4) is 0 Å². The van der Waals surface area contributed by atoms with Crippen molar-refractivity contribution in [1.82, 2.24) is 9.62 Å². The molecule has 2 aromatic rings. The van der Waals surface area contributed by atoms with Crippen LogP contribution in [0.4, 0.5) is 0 Å². The lowest BCUT2D eigenvalue weighted by Gasteiger charge is -2.32. The van der Waals surface area contributed by atoms with Crippen molar-refractivity contribution in [2.24, 2.45) is 0 Å². The Hall–Kier alpha value is -1.06. The zero-order valence-electron chi connectivity index (χ0n) is 14.1. The van der Waals surface area contributed by atoms with E-state index in [4.69, 9.17) is 11.6 Å². The number of hydrogen-bond donors (Lipinski definition) is 1. The quantitative estimate of drug-likeness (QED) is 0.734. The second kappa shape index (κ2) is 8.31. The van der Waals surface area contributed by atoms with Crippen LogP contribution in [0.15, 0.2) is 44.8 Å². The summed E-state index contributed by atoms with van der Waals surface area (Å²) in [4.78, 5) is 15.5. The molecule has 1 aliphatic rings. The second-order valence-electron chi connectivity index (χ2n) is 5.97. The van der Waals surface area contributed by atoms with Crippen LogP contribution in [-0.2, 0) is 10.0 Å². The number of thioether (sulfide) groups is 1. The van der Waals surface area contributed by atoms with Gasteiger partial charge in [-0.25, -0.2) is 13.1 Å². The number of hydrogen-bond acceptors (Lipinski definition) is 5. The van der Waals surface area contributed by atoms with Gasteiger partial charge in [0.25, 0.3) is 5.91 Å². The van der Waals surface area contributed by atoms with Crippen molar-refractivity contribution in [3.63, 3.8) is 0 Å². The fraction of sp³-hybridized carbons (Fsp3) is 0.353. The predicted octanol–water partition coefficient (Wildman–Crippen LogP) is 3.71. The van der Waals surface area contributed by atoms with Crippen molar-refractivity contribution in [3.8, 4) is 0 Å². The molecule has 1 amide bonds. The summed E-state index contributed by atoms with van der Waals surface area (Å²) in [5, 5.41) is 2.18. The summed E-state index contributed by atoms with van der Waals surface area (Å²) in [5.41, 5.74) is 0.496. The molecular weight excluding hydrogens is 412 g/mol. The number of sulfonamides is 1. The normalized spacial score (nSPS) is 16.0. The van der Waals surface area contributed by atoms with Crippen LogP contribution in [-0.4, -0.2) is 44.6 Å². The van der Waals surface area contributed by atoms with Gasteiger partial charge in [-0.1, -0.05) is 17.7 Å². The molecule has 1 N–H and O–H groups in total. The third kappa shape index (κ3) is 4.43. The zero-order chi connectivity index (χ0) is 18.7. The predicted molar refractivity (Wildman–Crippen MR) is 107 cm³/mol. The van der Waals surface area contributed by atoms with Gasteiger partial charge in [-0.05, 0) is 48.7 Å². The molecule has 1 aliphatic heterocycles. The molecule has 5 nitrogen and oxygen atoms in total. The molecule has 0 radical (unpaired) electrons. The summed E-state index contributed by atoms with van der Waals surface area (Å²) in [5.74, 6) is -0.106. The van der Waals surface area contributed by atoms with Gasteiger partial charge in [-0.3, -0.25) is 4.79 Å². The molecule has 2 heterocycles. The fourth-order valence-electron chi connectivity index (χ4n) is 2.86. The summed E-state index contributed by atoms with van der Waals surface area (Å²) in [6.07, 6.45) is 3.11. The molecule has 1 saturated heterocycles. The zero-order valence-corrected chi connectivity index (χ0v) is 17.3. The number of nitrogens with zero attached hydrogens (tertiary/aromatic N) is 1. The van der Waals surface area contributed by atoms with Gasteiger partial charge in [-0.15, -0.1) is 23.1 Å². The fourth-order valence-corrected chi connectivity index (χ4v) is 5.81. The van der Waals surface area contributed by atoms with Crippen molar-refractivity contribution < 1.29 is 13.2 Å². The molecule has 3 rings (SSSR count).